The van der Waals surface area contributed by atoms with Gasteiger partial charge in [0.05, 0.1) is 23.7 Å². The minimum Gasteiger partial charge on any atom is -0.437 e. The molecule has 1 aromatic carbocycles. The van der Waals surface area contributed by atoms with E-state index in [1.165, 1.54) is 0 Å². The number of rotatable bonds is 4. The van der Waals surface area contributed by atoms with Gasteiger partial charge in [0.15, 0.2) is 11.2 Å². The van der Waals surface area contributed by atoms with Crippen LogP contribution in [-0.4, -0.2) is 49.7 Å². The Labute approximate surface area is 166 Å². The van der Waals surface area contributed by atoms with Crippen LogP contribution >= 0.6 is 0 Å². The summed E-state index contributed by atoms with van der Waals surface area (Å²) in [5.74, 6) is 0.972. The molecule has 4 aromatic rings. The third kappa shape index (κ3) is 3.19. The Morgan fingerprint density at radius 2 is 2.24 bits per heavy atom. The van der Waals surface area contributed by atoms with Crippen LogP contribution in [0.25, 0.3) is 22.3 Å². The summed E-state index contributed by atoms with van der Waals surface area (Å²) in [6, 6.07) is 8.99. The number of β-amino-alcohol motifs (C(OH)–C–C–N with tert-alkyl or cyclic N) is 1. The van der Waals surface area contributed by atoms with Crippen LogP contribution in [0.5, 0.6) is 0 Å². The number of aryl methyl sites for hydroxylation is 1. The molecule has 1 amide bonds. The van der Waals surface area contributed by atoms with Gasteiger partial charge in [0.2, 0.25) is 11.8 Å². The highest BCUT2D eigenvalue weighted by Gasteiger charge is 2.24. The molecule has 1 saturated heterocycles. The maximum atomic E-state index is 12.6. The Kier molecular flexibility index (Phi) is 4.17. The maximum absolute atomic E-state index is 12.6. The van der Waals surface area contributed by atoms with Gasteiger partial charge in [0, 0.05) is 31.9 Å². The van der Waals surface area contributed by atoms with Crippen LogP contribution in [0.4, 0.5) is 5.95 Å². The summed E-state index contributed by atoms with van der Waals surface area (Å²) in [5, 5.41) is 12.6. The van der Waals surface area contributed by atoms with Crippen LogP contribution < -0.4 is 10.2 Å². The maximum Gasteiger partial charge on any atom is 0.251 e. The highest BCUT2D eigenvalue weighted by atomic mass is 16.3. The van der Waals surface area contributed by atoms with E-state index in [1.807, 2.05) is 17.7 Å². The second-order valence-electron chi connectivity index (χ2n) is 7.18. The van der Waals surface area contributed by atoms with E-state index in [0.717, 1.165) is 29.9 Å². The lowest BCUT2D eigenvalue weighted by Crippen LogP contribution is -2.24. The second-order valence-corrected chi connectivity index (χ2v) is 7.18. The van der Waals surface area contributed by atoms with E-state index < -0.39 is 0 Å². The lowest BCUT2D eigenvalue weighted by molar-refractivity contribution is 0.0947. The van der Waals surface area contributed by atoms with Gasteiger partial charge in [-0.2, -0.15) is 4.98 Å². The Morgan fingerprint density at radius 3 is 3.03 bits per heavy atom. The quantitative estimate of drug-likeness (QED) is 0.543. The molecule has 1 aliphatic heterocycles. The number of aliphatic hydroxyl groups is 1. The highest BCUT2D eigenvalue weighted by molar-refractivity contribution is 5.97. The molecule has 3 aromatic heterocycles. The Bertz CT molecular complexity index is 1180. The molecule has 1 fully saturated rings. The van der Waals surface area contributed by atoms with Crippen LogP contribution in [0.1, 0.15) is 22.7 Å². The third-order valence-electron chi connectivity index (χ3n) is 5.18. The molecule has 148 valence electrons. The first kappa shape index (κ1) is 17.6. The fourth-order valence-corrected chi connectivity index (χ4v) is 3.68. The monoisotopic (exact) mass is 392 g/mol. The number of hydrogen-bond acceptors (Lipinski definition) is 7. The molecule has 4 heterocycles. The van der Waals surface area contributed by atoms with Crippen molar-refractivity contribution in [2.45, 2.75) is 19.1 Å². The molecule has 29 heavy (non-hydrogen) atoms. The Balaban J connectivity index is 1.34. The van der Waals surface area contributed by atoms with Gasteiger partial charge in [0.1, 0.15) is 0 Å². The fourth-order valence-electron chi connectivity index (χ4n) is 3.68. The zero-order chi connectivity index (χ0) is 20.0. The molecule has 1 atom stereocenters. The van der Waals surface area contributed by atoms with Gasteiger partial charge in [0.25, 0.3) is 5.91 Å². The number of nitrogens with one attached hydrogen (secondary N) is 1. The third-order valence-corrected chi connectivity index (χ3v) is 5.18. The molecular weight excluding hydrogens is 372 g/mol. The molecule has 0 radical (unpaired) electrons. The summed E-state index contributed by atoms with van der Waals surface area (Å²) < 4.78 is 7.57. The number of oxazole rings is 1. The number of fused-ring (bicyclic) bond motifs is 2. The number of hydrogen-bond donors (Lipinski definition) is 2. The van der Waals surface area contributed by atoms with E-state index in [1.54, 1.807) is 30.5 Å². The van der Waals surface area contributed by atoms with Crippen molar-refractivity contribution >= 4 is 34.1 Å². The summed E-state index contributed by atoms with van der Waals surface area (Å²) >= 11 is 0. The normalized spacial score (nSPS) is 16.8. The van der Waals surface area contributed by atoms with Gasteiger partial charge >= 0.3 is 0 Å². The summed E-state index contributed by atoms with van der Waals surface area (Å²) in [6.45, 7) is 1.52. The van der Waals surface area contributed by atoms with Crippen molar-refractivity contribution in [1.29, 1.82) is 0 Å². The van der Waals surface area contributed by atoms with E-state index in [9.17, 15) is 9.90 Å². The Hall–Kier alpha value is -3.46. The molecular formula is C20H20N6O3. The number of aliphatic hydroxyl groups excluding tert-OH is 1. The number of amides is 1. The summed E-state index contributed by atoms with van der Waals surface area (Å²) in [7, 11) is 1.94. The van der Waals surface area contributed by atoms with Crippen molar-refractivity contribution < 1.29 is 14.3 Å². The number of nitrogens with zero attached hydrogens (tertiary/aromatic N) is 5. The number of carbonyl (C=O) groups is 1. The van der Waals surface area contributed by atoms with E-state index in [-0.39, 0.29) is 18.6 Å². The first-order valence-corrected chi connectivity index (χ1v) is 9.46. The molecule has 0 spiro atoms. The first-order valence-electron chi connectivity index (χ1n) is 9.46. The minimum atomic E-state index is -0.321. The van der Waals surface area contributed by atoms with Crippen molar-refractivity contribution in [3.8, 4) is 0 Å². The number of aromatic nitrogens is 4. The second kappa shape index (κ2) is 6.85. The number of anilines is 1. The lowest BCUT2D eigenvalue weighted by atomic mass is 10.2. The average Bonchev–Trinajstić information content (AvgIpc) is 3.42. The van der Waals surface area contributed by atoms with Gasteiger partial charge in [-0.1, -0.05) is 0 Å². The molecule has 9 nitrogen and oxygen atoms in total. The van der Waals surface area contributed by atoms with Crippen LogP contribution in [0.2, 0.25) is 0 Å². The molecule has 9 heteroatoms. The standard InChI is InChI=1S/C20H20N6O3/c1-25-15-5-4-12(9-14(15)23-20(25)26-8-6-13(27)11-26)19(28)22-10-17-24-18-16(29-17)3-2-7-21-18/h2-5,7,9,13,27H,6,8,10-11H2,1H3,(H,22,28)/t13-/m0/s1. The van der Waals surface area contributed by atoms with Crippen molar-refractivity contribution in [2.24, 2.45) is 7.05 Å². The van der Waals surface area contributed by atoms with Crippen molar-refractivity contribution in [1.82, 2.24) is 24.8 Å². The smallest absolute Gasteiger partial charge is 0.251 e. The summed E-state index contributed by atoms with van der Waals surface area (Å²) in [5.41, 5.74) is 3.29. The molecule has 0 bridgehead atoms. The van der Waals surface area contributed by atoms with E-state index in [4.69, 9.17) is 4.42 Å². The van der Waals surface area contributed by atoms with Crippen LogP contribution in [0.15, 0.2) is 40.9 Å². The van der Waals surface area contributed by atoms with Crippen molar-refractivity contribution in [2.75, 3.05) is 18.0 Å². The summed E-state index contributed by atoms with van der Waals surface area (Å²) in [4.78, 5) is 27.7. The number of benzene rings is 1. The summed E-state index contributed by atoms with van der Waals surface area (Å²) in [6.07, 6.45) is 2.06. The van der Waals surface area contributed by atoms with Crippen molar-refractivity contribution in [3.05, 3.63) is 48.0 Å². The predicted molar refractivity (Wildman–Crippen MR) is 107 cm³/mol. The SMILES string of the molecule is Cn1c(N2CC[C@H](O)C2)nc2cc(C(=O)NCc3nc4ncccc4o3)ccc21. The first-order chi connectivity index (χ1) is 14.1. The average molecular weight is 392 g/mol. The van der Waals surface area contributed by atoms with Gasteiger partial charge in [-0.15, -0.1) is 0 Å². The minimum absolute atomic E-state index is 0.173. The lowest BCUT2D eigenvalue weighted by Gasteiger charge is -2.16. The number of pyridine rings is 1. The molecule has 0 aliphatic carbocycles. The number of carbonyl (C=O) groups excluding carboxylic acids is 1. The predicted octanol–water partition coefficient (Wildman–Crippen LogP) is 1.61. The fraction of sp³-hybridized carbons (Fsp3) is 0.300. The van der Waals surface area contributed by atoms with Gasteiger partial charge in [-0.05, 0) is 36.8 Å². The van der Waals surface area contributed by atoms with E-state index >= 15 is 0 Å². The van der Waals surface area contributed by atoms with E-state index in [2.05, 4.69) is 25.2 Å². The molecule has 1 aliphatic rings. The number of imidazole rings is 1. The zero-order valence-electron chi connectivity index (χ0n) is 15.9. The highest BCUT2D eigenvalue weighted by Crippen LogP contribution is 2.25. The van der Waals surface area contributed by atoms with Gasteiger partial charge in [-0.25, -0.2) is 9.97 Å². The van der Waals surface area contributed by atoms with Crippen LogP contribution in [-0.2, 0) is 13.6 Å². The van der Waals surface area contributed by atoms with Crippen LogP contribution in [0.3, 0.4) is 0 Å². The molecule has 0 saturated carbocycles. The largest absolute Gasteiger partial charge is 0.437 e. The van der Waals surface area contributed by atoms with Gasteiger partial charge < -0.3 is 24.3 Å². The van der Waals surface area contributed by atoms with Crippen molar-refractivity contribution in [3.63, 3.8) is 0 Å². The van der Waals surface area contributed by atoms with Crippen LogP contribution in [0, 0.1) is 0 Å². The zero-order valence-corrected chi connectivity index (χ0v) is 15.9. The topological polar surface area (TPSA) is 109 Å². The molecule has 5 rings (SSSR count). The van der Waals surface area contributed by atoms with Gasteiger partial charge in [-0.3, -0.25) is 4.79 Å². The van der Waals surface area contributed by atoms with E-state index in [0.29, 0.717) is 29.2 Å². The molecule has 2 N–H and O–H groups in total. The Morgan fingerprint density at radius 1 is 1.34 bits per heavy atom. The molecule has 0 unspecified atom stereocenters.